The molecule has 8 heteroatoms. The number of carbonyl (C=O) groups excluding carboxylic acids is 4. The van der Waals surface area contributed by atoms with Gasteiger partial charge in [0.05, 0.1) is 11.8 Å². The van der Waals surface area contributed by atoms with Crippen molar-refractivity contribution in [2.75, 3.05) is 0 Å². The first-order valence-corrected chi connectivity index (χ1v) is 20.0. The molecule has 0 aliphatic heterocycles. The van der Waals surface area contributed by atoms with Gasteiger partial charge in [-0.2, -0.15) is 0 Å². The third kappa shape index (κ3) is 9.99. The topological polar surface area (TPSA) is 116 Å². The second kappa shape index (κ2) is 17.7. The number of nitrogens with one attached hydrogen (secondary N) is 4. The highest BCUT2D eigenvalue weighted by atomic mass is 16.2. The van der Waals surface area contributed by atoms with E-state index in [0.29, 0.717) is 47.3 Å². The van der Waals surface area contributed by atoms with Gasteiger partial charge in [-0.1, -0.05) is 81.1 Å². The largest absolute Gasteiger partial charge is 0.353 e. The average molecular weight is 671 g/mol. The first kappa shape index (κ1) is 38.7. The summed E-state index contributed by atoms with van der Waals surface area (Å²) in [5.41, 5.74) is 0. The number of hydrogen-bond donors (Lipinski definition) is 4. The highest BCUT2D eigenvalue weighted by Crippen LogP contribution is 2.34. The first-order valence-electron chi connectivity index (χ1n) is 20.0. The molecule has 274 valence electrons. The van der Waals surface area contributed by atoms with E-state index >= 15 is 0 Å². The van der Waals surface area contributed by atoms with Gasteiger partial charge in [0.2, 0.25) is 23.6 Å². The van der Waals surface area contributed by atoms with Crippen molar-refractivity contribution in [2.45, 2.75) is 169 Å². The Morgan fingerprint density at radius 2 is 0.604 bits per heavy atom. The summed E-state index contributed by atoms with van der Waals surface area (Å²) in [6, 6.07) is 0.0504. The van der Waals surface area contributed by atoms with Gasteiger partial charge in [0.25, 0.3) is 0 Å². The predicted octanol–water partition coefficient (Wildman–Crippen LogP) is 6.76. The molecule has 0 aromatic rings. The molecule has 0 spiro atoms. The summed E-state index contributed by atoms with van der Waals surface area (Å²) in [6.45, 7) is 17.5. The summed E-state index contributed by atoms with van der Waals surface area (Å²) < 4.78 is 0. The summed E-state index contributed by atoms with van der Waals surface area (Å²) >= 11 is 0. The van der Waals surface area contributed by atoms with Crippen molar-refractivity contribution < 1.29 is 19.2 Å². The van der Waals surface area contributed by atoms with Crippen molar-refractivity contribution in [1.82, 2.24) is 21.3 Å². The summed E-state index contributed by atoms with van der Waals surface area (Å²) in [5.74, 6) is -0.154. The van der Waals surface area contributed by atoms with E-state index in [0.717, 1.165) is 77.0 Å². The van der Waals surface area contributed by atoms with Crippen LogP contribution in [0.1, 0.15) is 145 Å². The monoisotopic (exact) mass is 671 g/mol. The molecule has 0 radical (unpaired) electrons. The molecule has 0 bridgehead atoms. The highest BCUT2D eigenvalue weighted by molar-refractivity contribution is 5.94. The second-order valence-electron chi connectivity index (χ2n) is 17.4. The van der Waals surface area contributed by atoms with Gasteiger partial charge in [-0.05, 0) is 98.7 Å². The van der Waals surface area contributed by atoms with Crippen LogP contribution in [-0.2, 0) is 19.2 Å². The third-order valence-electron chi connectivity index (χ3n) is 13.4. The van der Waals surface area contributed by atoms with Gasteiger partial charge in [-0.15, -0.1) is 0 Å². The minimum Gasteiger partial charge on any atom is -0.353 e. The molecular weight excluding hydrogens is 600 g/mol. The van der Waals surface area contributed by atoms with Gasteiger partial charge in [0, 0.05) is 37.0 Å². The van der Waals surface area contributed by atoms with Gasteiger partial charge in [-0.25, -0.2) is 0 Å². The molecule has 0 aromatic carbocycles. The number of amides is 4. The summed E-state index contributed by atoms with van der Waals surface area (Å²) in [6.07, 6.45) is 12.8. The molecule has 4 fully saturated rings. The van der Waals surface area contributed by atoms with E-state index in [-0.39, 0.29) is 60.6 Å². The van der Waals surface area contributed by atoms with E-state index in [1.165, 1.54) is 0 Å². The molecule has 0 heterocycles. The van der Waals surface area contributed by atoms with E-state index < -0.39 is 11.8 Å². The smallest absolute Gasteiger partial charge is 0.224 e. The first-order chi connectivity index (χ1) is 22.8. The third-order valence-corrected chi connectivity index (χ3v) is 13.4. The molecular formula is C40H70N4O4. The molecule has 4 aliphatic carbocycles. The van der Waals surface area contributed by atoms with Gasteiger partial charge in [0.15, 0.2) is 0 Å². The van der Waals surface area contributed by atoms with E-state index in [2.05, 4.69) is 76.7 Å². The minimum absolute atomic E-state index is 0.0185. The van der Waals surface area contributed by atoms with E-state index in [1.54, 1.807) is 0 Å². The Labute approximate surface area is 292 Å². The zero-order valence-corrected chi connectivity index (χ0v) is 31.6. The lowest BCUT2D eigenvalue weighted by Crippen LogP contribution is -2.55. The van der Waals surface area contributed by atoms with Crippen LogP contribution in [0.3, 0.4) is 0 Å². The molecule has 8 nitrogen and oxygen atoms in total. The van der Waals surface area contributed by atoms with Crippen molar-refractivity contribution in [3.05, 3.63) is 0 Å². The summed E-state index contributed by atoms with van der Waals surface area (Å²) in [7, 11) is 0. The molecule has 0 saturated heterocycles. The molecule has 10 unspecified atom stereocenters. The van der Waals surface area contributed by atoms with Gasteiger partial charge in [-0.3, -0.25) is 19.2 Å². The van der Waals surface area contributed by atoms with Gasteiger partial charge < -0.3 is 21.3 Å². The van der Waals surface area contributed by atoms with Crippen LogP contribution in [0, 0.1) is 59.2 Å². The van der Waals surface area contributed by atoms with E-state index in [4.69, 9.17) is 0 Å². The number of hydrogen-bond acceptors (Lipinski definition) is 4. The lowest BCUT2D eigenvalue weighted by atomic mass is 9.76. The van der Waals surface area contributed by atoms with Gasteiger partial charge >= 0.3 is 0 Å². The Kier molecular flexibility index (Phi) is 14.3. The van der Waals surface area contributed by atoms with Crippen LogP contribution >= 0.6 is 0 Å². The van der Waals surface area contributed by atoms with E-state index in [9.17, 15) is 19.2 Å². The molecule has 48 heavy (non-hydrogen) atoms. The predicted molar refractivity (Wildman–Crippen MR) is 193 cm³/mol. The Hall–Kier alpha value is -2.12. The van der Waals surface area contributed by atoms with Crippen molar-refractivity contribution in [2.24, 2.45) is 59.2 Å². The van der Waals surface area contributed by atoms with E-state index in [1.807, 2.05) is 0 Å². The van der Waals surface area contributed by atoms with Crippen LogP contribution in [-0.4, -0.2) is 47.8 Å². The summed E-state index contributed by atoms with van der Waals surface area (Å²) in [4.78, 5) is 56.8. The minimum atomic E-state index is -0.943. The zero-order chi connectivity index (χ0) is 35.1. The lowest BCUT2D eigenvalue weighted by Gasteiger charge is -2.39. The van der Waals surface area contributed by atoms with Crippen LogP contribution in [0.5, 0.6) is 0 Å². The van der Waals surface area contributed by atoms with Gasteiger partial charge in [0.1, 0.15) is 0 Å². The van der Waals surface area contributed by atoms with Crippen LogP contribution in [0.25, 0.3) is 0 Å². The fraction of sp³-hybridized carbons (Fsp3) is 0.900. The summed E-state index contributed by atoms with van der Waals surface area (Å²) in [5, 5.41) is 13.3. The quantitative estimate of drug-likeness (QED) is 0.194. The Morgan fingerprint density at radius 1 is 0.396 bits per heavy atom. The molecule has 0 aromatic heterocycles. The molecule has 4 N–H and O–H groups in total. The number of rotatable bonds is 11. The number of carbonyl (C=O) groups is 4. The van der Waals surface area contributed by atoms with Crippen molar-refractivity contribution >= 4 is 23.6 Å². The maximum Gasteiger partial charge on any atom is 0.224 e. The SMILES string of the molecule is CC1CCCC(C)C1NC(=O)CC(C(=O)NC1C(C)CCCC1C)C(CC(=O)NC1C(C)CCCC1C)C(=O)NC1C(C)CCCC1C. The highest BCUT2D eigenvalue weighted by Gasteiger charge is 2.42. The van der Waals surface area contributed by atoms with Crippen molar-refractivity contribution in [3.8, 4) is 0 Å². The maximum atomic E-state index is 14.5. The fourth-order valence-electron chi connectivity index (χ4n) is 10.1. The zero-order valence-electron chi connectivity index (χ0n) is 31.6. The molecule has 4 aliphatic rings. The molecule has 10 atom stereocenters. The molecule has 4 amide bonds. The standard InChI is InChI=1S/C40H70N4O4/c1-23-13-9-14-24(2)35(23)41-33(45)21-31(39(47)43-37-27(5)17-11-18-28(37)6)32(40(48)44-38-29(7)19-12-20-30(38)8)22-34(46)42-36-25(3)15-10-16-26(36)4/h23-32,35-38H,9-22H2,1-8H3,(H,41,45)(H,42,46)(H,43,47)(H,44,48). The van der Waals surface area contributed by atoms with Crippen LogP contribution < -0.4 is 21.3 Å². The molecule has 4 saturated carbocycles. The Bertz CT molecular complexity index is 973. The maximum absolute atomic E-state index is 14.5. The fourth-order valence-corrected chi connectivity index (χ4v) is 10.1. The van der Waals surface area contributed by atoms with Crippen molar-refractivity contribution in [1.29, 1.82) is 0 Å². The Morgan fingerprint density at radius 3 is 0.833 bits per heavy atom. The van der Waals surface area contributed by atoms with Crippen LogP contribution in [0.2, 0.25) is 0 Å². The lowest BCUT2D eigenvalue weighted by molar-refractivity contribution is -0.142. The second-order valence-corrected chi connectivity index (χ2v) is 17.4. The van der Waals surface area contributed by atoms with Crippen LogP contribution in [0.15, 0.2) is 0 Å². The average Bonchev–Trinajstić information content (AvgIpc) is 3.02. The van der Waals surface area contributed by atoms with Crippen molar-refractivity contribution in [3.63, 3.8) is 0 Å². The normalized spacial score (nSPS) is 38.6. The Balaban J connectivity index is 1.63. The molecule has 4 rings (SSSR count). The van der Waals surface area contributed by atoms with Crippen LogP contribution in [0.4, 0.5) is 0 Å².